The molecule has 0 saturated carbocycles. The lowest BCUT2D eigenvalue weighted by Crippen LogP contribution is -2.12. The van der Waals surface area contributed by atoms with Gasteiger partial charge in [0.15, 0.2) is 0 Å². The maximum Gasteiger partial charge on any atom is 0.150 e. The van der Waals surface area contributed by atoms with E-state index in [0.29, 0.717) is 0 Å². The van der Waals surface area contributed by atoms with Crippen LogP contribution in [0.3, 0.4) is 0 Å². The molecule has 2 aromatic rings. The molecule has 1 aromatic carbocycles. The highest BCUT2D eigenvalue weighted by molar-refractivity contribution is 6.30. The molecule has 1 aromatic heterocycles. The number of rotatable bonds is 5. The molecule has 0 radical (unpaired) electrons. The number of halogens is 1. The highest BCUT2D eigenvalue weighted by Gasteiger charge is 2.10. The number of hydrogen-bond donors (Lipinski definition) is 1. The van der Waals surface area contributed by atoms with E-state index in [1.54, 1.807) is 12.4 Å². The Balaban J connectivity index is 2.30. The first-order valence-corrected chi connectivity index (χ1v) is 7.07. The lowest BCUT2D eigenvalue weighted by molar-refractivity contribution is 0.464. The fraction of sp³-hybridized carbons (Fsp3) is 0.312. The first-order chi connectivity index (χ1) is 9.61. The highest BCUT2D eigenvalue weighted by atomic mass is 35.5. The van der Waals surface area contributed by atoms with E-state index in [1.807, 2.05) is 32.0 Å². The first kappa shape index (κ1) is 14.8. The van der Waals surface area contributed by atoms with Crippen molar-refractivity contribution in [1.82, 2.24) is 10.3 Å². The molecule has 4 heteroatoms. The van der Waals surface area contributed by atoms with Gasteiger partial charge in [-0.25, -0.2) is 0 Å². The van der Waals surface area contributed by atoms with Crippen LogP contribution in [-0.2, 0) is 6.54 Å². The molecule has 1 heterocycles. The summed E-state index contributed by atoms with van der Waals surface area (Å²) in [5, 5.41) is 4.03. The average molecular weight is 291 g/mol. The van der Waals surface area contributed by atoms with Gasteiger partial charge < -0.3 is 10.1 Å². The number of ether oxygens (including phenoxy) is 1. The van der Waals surface area contributed by atoms with Crippen LogP contribution in [-0.4, -0.2) is 11.5 Å². The molecular weight excluding hydrogens is 272 g/mol. The summed E-state index contributed by atoms with van der Waals surface area (Å²) in [7, 11) is 0. The first-order valence-electron chi connectivity index (χ1n) is 6.70. The molecule has 0 spiro atoms. The Bertz CT molecular complexity index is 576. The number of pyridine rings is 1. The zero-order valence-corrected chi connectivity index (χ0v) is 12.8. The molecule has 0 aliphatic rings. The van der Waals surface area contributed by atoms with Crippen molar-refractivity contribution < 1.29 is 4.74 Å². The van der Waals surface area contributed by atoms with Gasteiger partial charge in [0.2, 0.25) is 0 Å². The lowest BCUT2D eigenvalue weighted by atomic mass is 10.1. The Morgan fingerprint density at radius 2 is 1.95 bits per heavy atom. The maximum atomic E-state index is 6.06. The Labute approximate surface area is 124 Å². The van der Waals surface area contributed by atoms with Crippen LogP contribution in [0.2, 0.25) is 5.02 Å². The number of hydrogen-bond acceptors (Lipinski definition) is 3. The quantitative estimate of drug-likeness (QED) is 0.894. The zero-order valence-electron chi connectivity index (χ0n) is 12.0. The number of aromatic nitrogens is 1. The lowest BCUT2D eigenvalue weighted by Gasteiger charge is -2.15. The number of aryl methyl sites for hydroxylation is 2. The normalized spacial score (nSPS) is 10.6. The van der Waals surface area contributed by atoms with E-state index in [2.05, 4.69) is 17.2 Å². The molecule has 0 fully saturated rings. The molecule has 1 N–H and O–H groups in total. The molecule has 3 nitrogen and oxygen atoms in total. The Kier molecular flexibility index (Phi) is 4.99. The third-order valence-electron chi connectivity index (χ3n) is 3.07. The molecule has 0 unspecified atom stereocenters. The zero-order chi connectivity index (χ0) is 14.5. The van der Waals surface area contributed by atoms with Gasteiger partial charge in [-0.3, -0.25) is 4.98 Å². The van der Waals surface area contributed by atoms with Gasteiger partial charge >= 0.3 is 0 Å². The van der Waals surface area contributed by atoms with E-state index in [0.717, 1.165) is 46.3 Å². The summed E-state index contributed by atoms with van der Waals surface area (Å²) < 4.78 is 6.06. The Morgan fingerprint density at radius 1 is 1.25 bits per heavy atom. The molecule has 0 amide bonds. The standard InChI is InChI=1S/C16H19ClN2O/c1-4-18-9-13-5-6-19-10-15(13)20-16-11(2)7-14(17)8-12(16)3/h5-8,10,18H,4,9H2,1-3H3. The van der Waals surface area contributed by atoms with Crippen molar-refractivity contribution in [1.29, 1.82) is 0 Å². The fourth-order valence-corrected chi connectivity index (χ4v) is 2.40. The van der Waals surface area contributed by atoms with Crippen molar-refractivity contribution in [3.8, 4) is 11.5 Å². The van der Waals surface area contributed by atoms with E-state index in [-0.39, 0.29) is 0 Å². The largest absolute Gasteiger partial charge is 0.455 e. The van der Waals surface area contributed by atoms with Gasteiger partial charge in [0, 0.05) is 23.3 Å². The van der Waals surface area contributed by atoms with Crippen molar-refractivity contribution in [2.45, 2.75) is 27.3 Å². The fourth-order valence-electron chi connectivity index (χ4n) is 2.07. The molecule has 2 rings (SSSR count). The number of nitrogens with one attached hydrogen (secondary N) is 1. The van der Waals surface area contributed by atoms with Crippen LogP contribution >= 0.6 is 11.6 Å². The highest BCUT2D eigenvalue weighted by Crippen LogP contribution is 2.32. The van der Waals surface area contributed by atoms with Crippen molar-refractivity contribution in [3.05, 3.63) is 52.3 Å². The van der Waals surface area contributed by atoms with Gasteiger partial charge in [-0.1, -0.05) is 18.5 Å². The van der Waals surface area contributed by atoms with Crippen LogP contribution in [0.15, 0.2) is 30.6 Å². The average Bonchev–Trinajstić information content (AvgIpc) is 2.41. The van der Waals surface area contributed by atoms with Crippen LogP contribution in [0.5, 0.6) is 11.5 Å². The van der Waals surface area contributed by atoms with Crippen LogP contribution in [0.25, 0.3) is 0 Å². The summed E-state index contributed by atoms with van der Waals surface area (Å²) in [5.41, 5.74) is 3.14. The van der Waals surface area contributed by atoms with E-state index >= 15 is 0 Å². The van der Waals surface area contributed by atoms with Gasteiger partial charge in [-0.05, 0) is 49.7 Å². The van der Waals surface area contributed by atoms with Crippen LogP contribution in [0, 0.1) is 13.8 Å². The van der Waals surface area contributed by atoms with Crippen LogP contribution in [0.4, 0.5) is 0 Å². The topological polar surface area (TPSA) is 34.2 Å². The van der Waals surface area contributed by atoms with Gasteiger partial charge in [0.25, 0.3) is 0 Å². The second-order valence-electron chi connectivity index (χ2n) is 4.73. The van der Waals surface area contributed by atoms with E-state index in [9.17, 15) is 0 Å². The summed E-state index contributed by atoms with van der Waals surface area (Å²) in [4.78, 5) is 4.15. The Hall–Kier alpha value is -1.58. The monoisotopic (exact) mass is 290 g/mol. The van der Waals surface area contributed by atoms with Crippen molar-refractivity contribution in [3.63, 3.8) is 0 Å². The Morgan fingerprint density at radius 3 is 2.60 bits per heavy atom. The summed E-state index contributed by atoms with van der Waals surface area (Å²) in [5.74, 6) is 1.63. The third kappa shape index (κ3) is 3.50. The van der Waals surface area contributed by atoms with Crippen LogP contribution in [0.1, 0.15) is 23.6 Å². The van der Waals surface area contributed by atoms with Crippen LogP contribution < -0.4 is 10.1 Å². The second kappa shape index (κ2) is 6.73. The van der Waals surface area contributed by atoms with Gasteiger partial charge in [-0.2, -0.15) is 0 Å². The van der Waals surface area contributed by atoms with Gasteiger partial charge in [0.05, 0.1) is 6.20 Å². The van der Waals surface area contributed by atoms with E-state index < -0.39 is 0 Å². The molecule has 0 saturated heterocycles. The van der Waals surface area contributed by atoms with Crippen molar-refractivity contribution >= 4 is 11.6 Å². The summed E-state index contributed by atoms with van der Waals surface area (Å²) in [6.45, 7) is 7.75. The maximum absolute atomic E-state index is 6.06. The molecule has 106 valence electrons. The summed E-state index contributed by atoms with van der Waals surface area (Å²) in [6.07, 6.45) is 3.53. The molecule has 0 aliphatic carbocycles. The van der Waals surface area contributed by atoms with E-state index in [1.165, 1.54) is 0 Å². The van der Waals surface area contributed by atoms with Gasteiger partial charge in [0.1, 0.15) is 11.5 Å². The predicted octanol–water partition coefficient (Wildman–Crippen LogP) is 4.25. The number of nitrogens with zero attached hydrogens (tertiary/aromatic N) is 1. The molecular formula is C16H19ClN2O. The summed E-state index contributed by atoms with van der Waals surface area (Å²) in [6, 6.07) is 5.78. The SMILES string of the molecule is CCNCc1ccncc1Oc1c(C)cc(Cl)cc1C. The number of benzene rings is 1. The van der Waals surface area contributed by atoms with Crippen molar-refractivity contribution in [2.24, 2.45) is 0 Å². The smallest absolute Gasteiger partial charge is 0.150 e. The minimum atomic E-state index is 0.728. The third-order valence-corrected chi connectivity index (χ3v) is 3.29. The molecule has 0 bridgehead atoms. The van der Waals surface area contributed by atoms with E-state index in [4.69, 9.17) is 16.3 Å². The second-order valence-corrected chi connectivity index (χ2v) is 5.17. The van der Waals surface area contributed by atoms with Crippen molar-refractivity contribution in [2.75, 3.05) is 6.54 Å². The van der Waals surface area contributed by atoms with Gasteiger partial charge in [-0.15, -0.1) is 0 Å². The predicted molar refractivity (Wildman–Crippen MR) is 82.6 cm³/mol. The molecule has 0 atom stereocenters. The molecule has 0 aliphatic heterocycles. The molecule has 20 heavy (non-hydrogen) atoms. The summed E-state index contributed by atoms with van der Waals surface area (Å²) >= 11 is 6.05. The minimum absolute atomic E-state index is 0.728. The minimum Gasteiger partial charge on any atom is -0.455 e.